The first kappa shape index (κ1) is 19.3. The Morgan fingerprint density at radius 1 is 0.966 bits per heavy atom. The van der Waals surface area contributed by atoms with E-state index >= 15 is 0 Å². The zero-order valence-corrected chi connectivity index (χ0v) is 16.7. The van der Waals surface area contributed by atoms with Crippen LogP contribution in [0.3, 0.4) is 0 Å². The molecule has 0 spiro atoms. The minimum atomic E-state index is -3.67. The fourth-order valence-electron chi connectivity index (χ4n) is 3.47. The Labute approximate surface area is 170 Å². The molecule has 0 aliphatic carbocycles. The SMILES string of the molecule is N#Cc1ccccc1S(=O)(=O)N1CCN(Cc2cnn(-c3ccccc3)c2)CC1. The van der Waals surface area contributed by atoms with Crippen LogP contribution in [-0.2, 0) is 16.6 Å². The summed E-state index contributed by atoms with van der Waals surface area (Å²) in [5, 5.41) is 13.6. The average Bonchev–Trinajstić information content (AvgIpc) is 3.23. The first-order valence-electron chi connectivity index (χ1n) is 9.38. The monoisotopic (exact) mass is 407 g/mol. The van der Waals surface area contributed by atoms with Crippen LogP contribution in [0, 0.1) is 11.3 Å². The molecular formula is C21H21N5O2S. The van der Waals surface area contributed by atoms with Gasteiger partial charge in [-0.25, -0.2) is 13.1 Å². The number of hydrogen-bond donors (Lipinski definition) is 0. The van der Waals surface area contributed by atoms with Gasteiger partial charge in [0.05, 0.1) is 22.3 Å². The Balaban J connectivity index is 1.40. The minimum Gasteiger partial charge on any atom is -0.296 e. The Morgan fingerprint density at radius 3 is 2.38 bits per heavy atom. The summed E-state index contributed by atoms with van der Waals surface area (Å²) in [5.74, 6) is 0. The van der Waals surface area contributed by atoms with Gasteiger partial charge >= 0.3 is 0 Å². The Morgan fingerprint density at radius 2 is 1.66 bits per heavy atom. The van der Waals surface area contributed by atoms with Crippen LogP contribution in [-0.4, -0.2) is 53.6 Å². The van der Waals surface area contributed by atoms with Crippen LogP contribution in [0.1, 0.15) is 11.1 Å². The molecule has 2 aromatic carbocycles. The number of rotatable bonds is 5. The van der Waals surface area contributed by atoms with Crippen molar-refractivity contribution in [2.45, 2.75) is 11.4 Å². The van der Waals surface area contributed by atoms with Crippen LogP contribution in [0.5, 0.6) is 0 Å². The number of aromatic nitrogens is 2. The van der Waals surface area contributed by atoms with E-state index in [4.69, 9.17) is 0 Å². The molecule has 148 valence electrons. The lowest BCUT2D eigenvalue weighted by Crippen LogP contribution is -2.48. The fraction of sp³-hybridized carbons (Fsp3) is 0.238. The number of benzene rings is 2. The van der Waals surface area contributed by atoms with Gasteiger partial charge in [0.15, 0.2) is 0 Å². The Hall–Kier alpha value is -2.99. The van der Waals surface area contributed by atoms with Crippen LogP contribution in [0.25, 0.3) is 5.69 Å². The third-order valence-corrected chi connectivity index (χ3v) is 6.98. The van der Waals surface area contributed by atoms with E-state index in [1.165, 1.54) is 16.4 Å². The number of nitriles is 1. The van der Waals surface area contributed by atoms with Gasteiger partial charge in [-0.3, -0.25) is 4.90 Å². The lowest BCUT2D eigenvalue weighted by molar-refractivity contribution is 0.181. The molecule has 1 saturated heterocycles. The Bertz CT molecular complexity index is 1130. The van der Waals surface area contributed by atoms with Crippen LogP contribution in [0.2, 0.25) is 0 Å². The molecular weight excluding hydrogens is 386 g/mol. The molecule has 0 atom stereocenters. The van der Waals surface area contributed by atoms with E-state index in [0.29, 0.717) is 26.2 Å². The van der Waals surface area contributed by atoms with Gasteiger partial charge in [-0.2, -0.15) is 14.7 Å². The molecule has 4 rings (SSSR count). The highest BCUT2D eigenvalue weighted by atomic mass is 32.2. The summed E-state index contributed by atoms with van der Waals surface area (Å²) in [6, 6.07) is 18.2. The number of piperazine rings is 1. The summed E-state index contributed by atoms with van der Waals surface area (Å²) < 4.78 is 29.2. The van der Waals surface area contributed by atoms with Gasteiger partial charge in [0.1, 0.15) is 6.07 Å². The molecule has 1 aliphatic heterocycles. The van der Waals surface area contributed by atoms with Gasteiger partial charge in [0.25, 0.3) is 0 Å². The van der Waals surface area contributed by atoms with Crippen molar-refractivity contribution in [2.75, 3.05) is 26.2 Å². The lowest BCUT2D eigenvalue weighted by Gasteiger charge is -2.33. The topological polar surface area (TPSA) is 82.2 Å². The van der Waals surface area contributed by atoms with E-state index in [1.807, 2.05) is 53.5 Å². The number of para-hydroxylation sites is 1. The molecule has 0 bridgehead atoms. The molecule has 1 fully saturated rings. The fourth-order valence-corrected chi connectivity index (χ4v) is 5.04. The largest absolute Gasteiger partial charge is 0.296 e. The van der Waals surface area contributed by atoms with Crippen molar-refractivity contribution >= 4 is 10.0 Å². The van der Waals surface area contributed by atoms with Crippen molar-refractivity contribution in [2.24, 2.45) is 0 Å². The molecule has 0 saturated carbocycles. The quantitative estimate of drug-likeness (QED) is 0.648. The lowest BCUT2D eigenvalue weighted by atomic mass is 10.2. The maximum atomic E-state index is 12.9. The van der Waals surface area contributed by atoms with Crippen LogP contribution in [0.4, 0.5) is 0 Å². The van der Waals surface area contributed by atoms with Gasteiger partial charge in [-0.05, 0) is 24.3 Å². The zero-order chi connectivity index (χ0) is 20.3. The van der Waals surface area contributed by atoms with Gasteiger partial charge in [0, 0.05) is 44.5 Å². The first-order valence-corrected chi connectivity index (χ1v) is 10.8. The highest BCUT2D eigenvalue weighted by Crippen LogP contribution is 2.21. The normalized spacial score (nSPS) is 15.8. The molecule has 29 heavy (non-hydrogen) atoms. The van der Waals surface area contributed by atoms with Crippen LogP contribution in [0.15, 0.2) is 71.9 Å². The maximum absolute atomic E-state index is 12.9. The van der Waals surface area contributed by atoms with E-state index in [2.05, 4.69) is 10.00 Å². The minimum absolute atomic E-state index is 0.0834. The van der Waals surface area contributed by atoms with Crippen molar-refractivity contribution in [3.8, 4) is 11.8 Å². The summed E-state index contributed by atoms with van der Waals surface area (Å²) >= 11 is 0. The Kier molecular flexibility index (Phi) is 5.45. The second-order valence-corrected chi connectivity index (χ2v) is 8.82. The number of hydrogen-bond acceptors (Lipinski definition) is 5. The molecule has 8 heteroatoms. The van der Waals surface area contributed by atoms with E-state index < -0.39 is 10.0 Å². The zero-order valence-electron chi connectivity index (χ0n) is 15.8. The summed E-state index contributed by atoms with van der Waals surface area (Å²) in [6.45, 7) is 2.77. The first-order chi connectivity index (χ1) is 14.1. The summed E-state index contributed by atoms with van der Waals surface area (Å²) in [4.78, 5) is 2.30. The molecule has 0 amide bonds. The molecule has 3 aromatic rings. The maximum Gasteiger partial charge on any atom is 0.244 e. The number of nitrogens with zero attached hydrogens (tertiary/aromatic N) is 5. The summed E-state index contributed by atoms with van der Waals surface area (Å²) in [6.07, 6.45) is 3.85. The van der Waals surface area contributed by atoms with Gasteiger partial charge in [0.2, 0.25) is 10.0 Å². The molecule has 1 aromatic heterocycles. The number of sulfonamides is 1. The van der Waals surface area contributed by atoms with Crippen LogP contribution < -0.4 is 0 Å². The highest BCUT2D eigenvalue weighted by molar-refractivity contribution is 7.89. The molecule has 0 radical (unpaired) electrons. The summed E-state index contributed by atoms with van der Waals surface area (Å²) in [7, 11) is -3.67. The third-order valence-electron chi connectivity index (χ3n) is 5.02. The highest BCUT2D eigenvalue weighted by Gasteiger charge is 2.30. The van der Waals surface area contributed by atoms with Crippen molar-refractivity contribution in [3.05, 3.63) is 78.1 Å². The van der Waals surface area contributed by atoms with Crippen molar-refractivity contribution < 1.29 is 8.42 Å². The summed E-state index contributed by atoms with van der Waals surface area (Å²) in [5.41, 5.74) is 2.27. The molecule has 0 unspecified atom stereocenters. The van der Waals surface area contributed by atoms with Gasteiger partial charge in [-0.15, -0.1) is 0 Å². The second-order valence-electron chi connectivity index (χ2n) is 6.92. The third kappa shape index (κ3) is 4.07. The van der Waals surface area contributed by atoms with Crippen LogP contribution >= 0.6 is 0 Å². The second kappa shape index (κ2) is 8.17. The van der Waals surface area contributed by atoms with Crippen molar-refractivity contribution in [1.82, 2.24) is 19.0 Å². The predicted molar refractivity (Wildman–Crippen MR) is 109 cm³/mol. The van der Waals surface area contributed by atoms with E-state index in [1.54, 1.807) is 12.1 Å². The molecule has 7 nitrogen and oxygen atoms in total. The van der Waals surface area contributed by atoms with Gasteiger partial charge < -0.3 is 0 Å². The average molecular weight is 407 g/mol. The smallest absolute Gasteiger partial charge is 0.244 e. The van der Waals surface area contributed by atoms with E-state index in [9.17, 15) is 13.7 Å². The molecule has 0 N–H and O–H groups in total. The standard InChI is InChI=1S/C21H21N5O2S/c22-14-19-6-4-5-9-21(19)29(27,28)25-12-10-24(11-13-25)16-18-15-23-26(17-18)20-7-2-1-3-8-20/h1-9,15,17H,10-13,16H2. The predicted octanol–water partition coefficient (Wildman–Crippen LogP) is 2.25. The molecule has 2 heterocycles. The van der Waals surface area contributed by atoms with E-state index in [0.717, 1.165) is 17.8 Å². The van der Waals surface area contributed by atoms with Crippen molar-refractivity contribution in [1.29, 1.82) is 5.26 Å². The van der Waals surface area contributed by atoms with E-state index in [-0.39, 0.29) is 10.5 Å². The van der Waals surface area contributed by atoms with Crippen molar-refractivity contribution in [3.63, 3.8) is 0 Å². The molecule has 1 aliphatic rings. The van der Waals surface area contributed by atoms with Gasteiger partial charge in [-0.1, -0.05) is 30.3 Å².